The van der Waals surface area contributed by atoms with Gasteiger partial charge in [-0.25, -0.2) is 0 Å². The number of rotatable bonds is 5. The van der Waals surface area contributed by atoms with Gasteiger partial charge in [-0.15, -0.1) is 0 Å². The number of benzene rings is 1. The SMILES string of the molecule is CNCC1(OCc2ccccc2)CCC(C(C)(C)C)CC1. The Labute approximate surface area is 130 Å². The lowest BCUT2D eigenvalue weighted by Crippen LogP contribution is -2.46. The molecule has 0 atom stereocenters. The highest BCUT2D eigenvalue weighted by Gasteiger charge is 2.39. The summed E-state index contributed by atoms with van der Waals surface area (Å²) in [5.74, 6) is 0.822. The molecule has 1 aromatic rings. The topological polar surface area (TPSA) is 21.3 Å². The molecule has 0 spiro atoms. The van der Waals surface area contributed by atoms with E-state index in [2.05, 4.69) is 56.4 Å². The van der Waals surface area contributed by atoms with E-state index < -0.39 is 0 Å². The van der Waals surface area contributed by atoms with E-state index in [1.807, 2.05) is 7.05 Å². The van der Waals surface area contributed by atoms with Crippen molar-refractivity contribution in [3.05, 3.63) is 35.9 Å². The summed E-state index contributed by atoms with van der Waals surface area (Å²) in [4.78, 5) is 0. The molecule has 0 aromatic heterocycles. The van der Waals surface area contributed by atoms with Gasteiger partial charge < -0.3 is 10.1 Å². The molecule has 1 fully saturated rings. The molecule has 118 valence electrons. The third-order valence-corrected chi connectivity index (χ3v) is 5.01. The first-order chi connectivity index (χ1) is 9.95. The quantitative estimate of drug-likeness (QED) is 0.867. The number of ether oxygens (including phenoxy) is 1. The van der Waals surface area contributed by atoms with Gasteiger partial charge in [-0.2, -0.15) is 0 Å². The van der Waals surface area contributed by atoms with Crippen molar-refractivity contribution in [2.75, 3.05) is 13.6 Å². The maximum Gasteiger partial charge on any atom is 0.0810 e. The zero-order valence-electron chi connectivity index (χ0n) is 14.1. The normalized spacial score (nSPS) is 26.8. The number of hydrogen-bond acceptors (Lipinski definition) is 2. The second kappa shape index (κ2) is 6.93. The smallest absolute Gasteiger partial charge is 0.0810 e. The molecular formula is C19H31NO. The van der Waals surface area contributed by atoms with Crippen molar-refractivity contribution >= 4 is 0 Å². The Morgan fingerprint density at radius 3 is 2.29 bits per heavy atom. The van der Waals surface area contributed by atoms with Crippen LogP contribution >= 0.6 is 0 Å². The van der Waals surface area contributed by atoms with Crippen LogP contribution in [0.15, 0.2) is 30.3 Å². The molecule has 0 heterocycles. The lowest BCUT2D eigenvalue weighted by atomic mass is 9.68. The van der Waals surface area contributed by atoms with Gasteiger partial charge in [-0.3, -0.25) is 0 Å². The van der Waals surface area contributed by atoms with Crippen molar-refractivity contribution in [2.24, 2.45) is 11.3 Å². The maximum absolute atomic E-state index is 6.40. The molecule has 2 nitrogen and oxygen atoms in total. The first kappa shape index (κ1) is 16.5. The molecule has 2 heteroatoms. The van der Waals surface area contributed by atoms with Crippen LogP contribution in [-0.2, 0) is 11.3 Å². The number of hydrogen-bond donors (Lipinski definition) is 1. The van der Waals surface area contributed by atoms with E-state index in [0.29, 0.717) is 5.41 Å². The summed E-state index contributed by atoms with van der Waals surface area (Å²) in [5.41, 5.74) is 1.71. The van der Waals surface area contributed by atoms with E-state index in [4.69, 9.17) is 4.74 Å². The van der Waals surface area contributed by atoms with E-state index in [1.165, 1.54) is 31.2 Å². The summed E-state index contributed by atoms with van der Waals surface area (Å²) in [6.45, 7) is 8.79. The van der Waals surface area contributed by atoms with Gasteiger partial charge in [-0.05, 0) is 49.6 Å². The first-order valence-corrected chi connectivity index (χ1v) is 8.28. The average Bonchev–Trinajstić information content (AvgIpc) is 2.46. The van der Waals surface area contributed by atoms with Crippen molar-refractivity contribution in [3.8, 4) is 0 Å². The lowest BCUT2D eigenvalue weighted by molar-refractivity contribution is -0.0926. The Bertz CT molecular complexity index is 413. The molecule has 0 aliphatic heterocycles. The summed E-state index contributed by atoms with van der Waals surface area (Å²) < 4.78 is 6.40. The van der Waals surface area contributed by atoms with Crippen LogP contribution in [0.5, 0.6) is 0 Å². The molecule has 1 aromatic carbocycles. The molecule has 1 saturated carbocycles. The molecule has 0 amide bonds. The van der Waals surface area contributed by atoms with Gasteiger partial charge in [0.25, 0.3) is 0 Å². The fourth-order valence-electron chi connectivity index (χ4n) is 3.51. The van der Waals surface area contributed by atoms with Gasteiger partial charge in [0.05, 0.1) is 12.2 Å². The van der Waals surface area contributed by atoms with E-state index in [-0.39, 0.29) is 5.60 Å². The second-order valence-corrected chi connectivity index (χ2v) is 7.63. The van der Waals surface area contributed by atoms with Crippen LogP contribution in [0, 0.1) is 11.3 Å². The van der Waals surface area contributed by atoms with Gasteiger partial charge >= 0.3 is 0 Å². The molecule has 21 heavy (non-hydrogen) atoms. The van der Waals surface area contributed by atoms with Crippen molar-refractivity contribution in [3.63, 3.8) is 0 Å². The minimum Gasteiger partial charge on any atom is -0.369 e. The lowest BCUT2D eigenvalue weighted by Gasteiger charge is -2.44. The fourth-order valence-corrected chi connectivity index (χ4v) is 3.51. The minimum absolute atomic E-state index is 0.0202. The summed E-state index contributed by atoms with van der Waals surface area (Å²) in [6.07, 6.45) is 4.89. The molecular weight excluding hydrogens is 258 g/mol. The molecule has 1 N–H and O–H groups in total. The highest BCUT2D eigenvalue weighted by molar-refractivity contribution is 5.13. The Hall–Kier alpha value is -0.860. The largest absolute Gasteiger partial charge is 0.369 e. The zero-order valence-corrected chi connectivity index (χ0v) is 14.1. The molecule has 0 radical (unpaired) electrons. The summed E-state index contributed by atoms with van der Waals surface area (Å²) >= 11 is 0. The molecule has 1 aliphatic rings. The Morgan fingerprint density at radius 1 is 1.14 bits per heavy atom. The van der Waals surface area contributed by atoms with Crippen LogP contribution in [-0.4, -0.2) is 19.2 Å². The summed E-state index contributed by atoms with van der Waals surface area (Å²) in [5, 5.41) is 3.34. The van der Waals surface area contributed by atoms with Crippen molar-refractivity contribution < 1.29 is 4.74 Å². The van der Waals surface area contributed by atoms with Crippen LogP contribution in [0.25, 0.3) is 0 Å². The Kier molecular flexibility index (Phi) is 5.45. The van der Waals surface area contributed by atoms with Crippen LogP contribution in [0.2, 0.25) is 0 Å². The van der Waals surface area contributed by atoms with Crippen molar-refractivity contribution in [2.45, 2.75) is 58.7 Å². The van der Waals surface area contributed by atoms with Gasteiger partial charge in [0.1, 0.15) is 0 Å². The van der Waals surface area contributed by atoms with Crippen molar-refractivity contribution in [1.29, 1.82) is 0 Å². The Morgan fingerprint density at radius 2 is 1.76 bits per heavy atom. The van der Waals surface area contributed by atoms with Crippen molar-refractivity contribution in [1.82, 2.24) is 5.32 Å². The van der Waals surface area contributed by atoms with Crippen LogP contribution in [0.4, 0.5) is 0 Å². The highest BCUT2D eigenvalue weighted by atomic mass is 16.5. The predicted molar refractivity (Wildman–Crippen MR) is 89.3 cm³/mol. The minimum atomic E-state index is 0.0202. The Balaban J connectivity index is 1.95. The highest BCUT2D eigenvalue weighted by Crippen LogP contribution is 2.42. The van der Waals surface area contributed by atoms with E-state index in [1.54, 1.807) is 0 Å². The predicted octanol–water partition coefficient (Wildman–Crippen LogP) is 4.40. The number of likely N-dealkylation sites (N-methyl/N-ethyl adjacent to an activating group) is 1. The van der Waals surface area contributed by atoms with E-state index in [0.717, 1.165) is 19.1 Å². The zero-order chi connectivity index (χ0) is 15.3. The monoisotopic (exact) mass is 289 g/mol. The van der Waals surface area contributed by atoms with Crippen LogP contribution in [0.3, 0.4) is 0 Å². The molecule has 0 bridgehead atoms. The standard InChI is InChI=1S/C19H31NO/c1-18(2,3)17-10-12-19(13-11-17,15-20-4)21-14-16-8-6-5-7-9-16/h5-9,17,20H,10-15H2,1-4H3. The van der Waals surface area contributed by atoms with E-state index >= 15 is 0 Å². The average molecular weight is 289 g/mol. The van der Waals surface area contributed by atoms with Gasteiger partial charge in [0.2, 0.25) is 0 Å². The van der Waals surface area contributed by atoms with Gasteiger partial charge in [0, 0.05) is 6.54 Å². The molecule has 2 rings (SSSR count). The molecule has 0 unspecified atom stereocenters. The van der Waals surface area contributed by atoms with Crippen LogP contribution < -0.4 is 5.32 Å². The fraction of sp³-hybridized carbons (Fsp3) is 0.684. The summed E-state index contributed by atoms with van der Waals surface area (Å²) in [6, 6.07) is 10.5. The van der Waals surface area contributed by atoms with Gasteiger partial charge in [-0.1, -0.05) is 51.1 Å². The third-order valence-electron chi connectivity index (χ3n) is 5.01. The first-order valence-electron chi connectivity index (χ1n) is 8.28. The second-order valence-electron chi connectivity index (χ2n) is 7.63. The van der Waals surface area contributed by atoms with Crippen LogP contribution in [0.1, 0.15) is 52.0 Å². The molecule has 0 saturated heterocycles. The summed E-state index contributed by atoms with van der Waals surface area (Å²) in [7, 11) is 2.03. The van der Waals surface area contributed by atoms with Gasteiger partial charge in [0.15, 0.2) is 0 Å². The third kappa shape index (κ3) is 4.55. The molecule has 1 aliphatic carbocycles. The number of nitrogens with one attached hydrogen (secondary N) is 1. The van der Waals surface area contributed by atoms with E-state index in [9.17, 15) is 0 Å². The maximum atomic E-state index is 6.40.